The lowest BCUT2D eigenvalue weighted by Gasteiger charge is -2.27. The quantitative estimate of drug-likeness (QED) is 0.652. The molecule has 0 bridgehead atoms. The van der Waals surface area contributed by atoms with Gasteiger partial charge in [0.2, 0.25) is 0 Å². The predicted octanol–water partition coefficient (Wildman–Crippen LogP) is 2.90. The van der Waals surface area contributed by atoms with Gasteiger partial charge in [-0.1, -0.05) is 43.2 Å². The van der Waals surface area contributed by atoms with Crippen LogP contribution in [0, 0.1) is 5.92 Å². The second kappa shape index (κ2) is 4.65. The third kappa shape index (κ3) is 2.59. The van der Waals surface area contributed by atoms with Crippen molar-refractivity contribution in [2.45, 2.75) is 32.1 Å². The van der Waals surface area contributed by atoms with Crippen LogP contribution in [0.4, 0.5) is 0 Å². The predicted molar refractivity (Wildman–Crippen MR) is 63.2 cm³/mol. The fourth-order valence-corrected chi connectivity index (χ4v) is 3.52. The molecule has 1 saturated carbocycles. The molecule has 2 aliphatic rings. The first kappa shape index (κ1) is 9.78. The molecule has 0 unspecified atom stereocenters. The van der Waals surface area contributed by atoms with Gasteiger partial charge in [0.15, 0.2) is 0 Å². The molecular weight excluding hydrogens is 198 g/mol. The van der Waals surface area contributed by atoms with E-state index in [9.17, 15) is 0 Å². The molecule has 1 aliphatic carbocycles. The zero-order valence-corrected chi connectivity index (χ0v) is 9.63. The molecule has 0 atom stereocenters. The van der Waals surface area contributed by atoms with Crippen molar-refractivity contribution in [3.63, 3.8) is 0 Å². The Morgan fingerprint density at radius 1 is 1.31 bits per heavy atom. The molecule has 0 aromatic carbocycles. The van der Waals surface area contributed by atoms with Crippen molar-refractivity contribution in [1.82, 2.24) is 4.90 Å². The van der Waals surface area contributed by atoms with Gasteiger partial charge in [0.25, 0.3) is 0 Å². The average molecular weight is 215 g/mol. The Kier molecular flexibility index (Phi) is 3.50. The first-order chi connectivity index (χ1) is 6.36. The lowest BCUT2D eigenvalue weighted by molar-refractivity contribution is 0.287. The van der Waals surface area contributed by atoms with Gasteiger partial charge in [0.1, 0.15) is 4.32 Å². The fraction of sp³-hybridized carbons (Fsp3) is 0.900. The lowest BCUT2D eigenvalue weighted by Crippen LogP contribution is -2.30. The molecule has 0 spiro atoms. The molecule has 13 heavy (non-hydrogen) atoms. The van der Waals surface area contributed by atoms with Gasteiger partial charge in [-0.3, -0.25) is 0 Å². The Labute approximate surface area is 90.3 Å². The van der Waals surface area contributed by atoms with Crippen molar-refractivity contribution < 1.29 is 0 Å². The zero-order chi connectivity index (χ0) is 9.10. The van der Waals surface area contributed by atoms with E-state index in [2.05, 4.69) is 4.90 Å². The minimum atomic E-state index is 0.936. The van der Waals surface area contributed by atoms with Crippen molar-refractivity contribution in [2.24, 2.45) is 5.92 Å². The molecule has 0 N–H and O–H groups in total. The largest absolute Gasteiger partial charge is 0.356 e. The van der Waals surface area contributed by atoms with E-state index in [-0.39, 0.29) is 0 Å². The van der Waals surface area contributed by atoms with Gasteiger partial charge in [-0.25, -0.2) is 0 Å². The van der Waals surface area contributed by atoms with Crippen molar-refractivity contribution in [2.75, 3.05) is 18.8 Å². The Hall–Kier alpha value is 0.240. The topological polar surface area (TPSA) is 3.24 Å². The highest BCUT2D eigenvalue weighted by Gasteiger charge is 2.22. The average Bonchev–Trinajstić information content (AvgIpc) is 2.54. The standard InChI is InChI=1S/C10H17NS2/c12-10-11(6-7-13-10)8-9-4-2-1-3-5-9/h9H,1-8H2. The highest BCUT2D eigenvalue weighted by molar-refractivity contribution is 8.23. The van der Waals surface area contributed by atoms with Crippen molar-refractivity contribution in [3.05, 3.63) is 0 Å². The van der Waals surface area contributed by atoms with E-state index in [1.54, 1.807) is 0 Å². The van der Waals surface area contributed by atoms with Crippen LogP contribution in [0.5, 0.6) is 0 Å². The maximum absolute atomic E-state index is 5.30. The minimum absolute atomic E-state index is 0.936. The molecule has 1 heterocycles. The molecule has 3 heteroatoms. The highest BCUT2D eigenvalue weighted by atomic mass is 32.2. The van der Waals surface area contributed by atoms with E-state index in [4.69, 9.17) is 12.2 Å². The van der Waals surface area contributed by atoms with E-state index < -0.39 is 0 Å². The molecule has 0 aromatic heterocycles. The first-order valence-electron chi connectivity index (χ1n) is 5.28. The summed E-state index contributed by atoms with van der Waals surface area (Å²) in [7, 11) is 0. The Bertz CT molecular complexity index is 187. The van der Waals surface area contributed by atoms with Gasteiger partial charge in [0, 0.05) is 18.8 Å². The summed E-state index contributed by atoms with van der Waals surface area (Å²) in [6.45, 7) is 2.44. The van der Waals surface area contributed by atoms with E-state index in [0.717, 1.165) is 10.2 Å². The Morgan fingerprint density at radius 3 is 2.69 bits per heavy atom. The molecule has 1 nitrogen and oxygen atoms in total. The molecule has 2 rings (SSSR count). The van der Waals surface area contributed by atoms with Gasteiger partial charge >= 0.3 is 0 Å². The number of thiocarbonyl (C=S) groups is 1. The Morgan fingerprint density at radius 2 is 2.08 bits per heavy atom. The van der Waals surface area contributed by atoms with Gasteiger partial charge in [-0.05, 0) is 18.8 Å². The minimum Gasteiger partial charge on any atom is -0.356 e. The summed E-state index contributed by atoms with van der Waals surface area (Å²) in [4.78, 5) is 2.41. The monoisotopic (exact) mass is 215 g/mol. The smallest absolute Gasteiger partial charge is 0.136 e. The van der Waals surface area contributed by atoms with Crippen LogP contribution in [0.2, 0.25) is 0 Å². The van der Waals surface area contributed by atoms with Crippen LogP contribution < -0.4 is 0 Å². The number of thioether (sulfide) groups is 1. The number of hydrogen-bond acceptors (Lipinski definition) is 2. The van der Waals surface area contributed by atoms with Crippen LogP contribution in [0.1, 0.15) is 32.1 Å². The lowest BCUT2D eigenvalue weighted by atomic mass is 9.89. The number of nitrogens with zero attached hydrogens (tertiary/aromatic N) is 1. The van der Waals surface area contributed by atoms with Crippen LogP contribution >= 0.6 is 24.0 Å². The molecule has 1 aliphatic heterocycles. The van der Waals surface area contributed by atoms with Crippen LogP contribution in [-0.2, 0) is 0 Å². The summed E-state index contributed by atoms with van der Waals surface area (Å²) in [5, 5.41) is 0. The third-order valence-electron chi connectivity index (χ3n) is 3.05. The van der Waals surface area contributed by atoms with Crippen molar-refractivity contribution in [3.8, 4) is 0 Å². The van der Waals surface area contributed by atoms with E-state index in [0.29, 0.717) is 0 Å². The molecule has 0 aromatic rings. The third-order valence-corrected chi connectivity index (χ3v) is 4.55. The second-order valence-corrected chi connectivity index (χ2v) is 5.79. The molecule has 1 saturated heterocycles. The molecule has 0 amide bonds. The number of rotatable bonds is 2. The van der Waals surface area contributed by atoms with Gasteiger partial charge in [-0.15, -0.1) is 0 Å². The SMILES string of the molecule is S=C1SCCN1CC1CCCCC1. The summed E-state index contributed by atoms with van der Waals surface area (Å²) >= 11 is 7.15. The molecule has 74 valence electrons. The fourth-order valence-electron chi connectivity index (χ4n) is 2.27. The van der Waals surface area contributed by atoms with Crippen LogP contribution in [0.25, 0.3) is 0 Å². The van der Waals surface area contributed by atoms with E-state index in [1.165, 1.54) is 50.9 Å². The summed E-state index contributed by atoms with van der Waals surface area (Å²) in [6, 6.07) is 0. The normalized spacial score (nSPS) is 25.5. The molecular formula is C10H17NS2. The maximum atomic E-state index is 5.30. The number of hydrogen-bond donors (Lipinski definition) is 0. The van der Waals surface area contributed by atoms with Crippen molar-refractivity contribution >= 4 is 28.3 Å². The van der Waals surface area contributed by atoms with Crippen LogP contribution in [0.3, 0.4) is 0 Å². The van der Waals surface area contributed by atoms with E-state index in [1.807, 2.05) is 11.8 Å². The highest BCUT2D eigenvalue weighted by Crippen LogP contribution is 2.27. The van der Waals surface area contributed by atoms with Crippen LogP contribution in [0.15, 0.2) is 0 Å². The Balaban J connectivity index is 1.79. The van der Waals surface area contributed by atoms with Crippen molar-refractivity contribution in [1.29, 1.82) is 0 Å². The zero-order valence-electron chi connectivity index (χ0n) is 8.00. The van der Waals surface area contributed by atoms with Gasteiger partial charge < -0.3 is 4.90 Å². The summed E-state index contributed by atoms with van der Waals surface area (Å²) in [6.07, 6.45) is 7.21. The maximum Gasteiger partial charge on any atom is 0.136 e. The van der Waals surface area contributed by atoms with E-state index >= 15 is 0 Å². The van der Waals surface area contributed by atoms with Gasteiger partial charge in [-0.2, -0.15) is 0 Å². The molecule has 2 fully saturated rings. The summed E-state index contributed by atoms with van der Waals surface area (Å²) in [5.41, 5.74) is 0. The first-order valence-corrected chi connectivity index (χ1v) is 6.67. The summed E-state index contributed by atoms with van der Waals surface area (Å²) < 4.78 is 1.14. The second-order valence-electron chi connectivity index (χ2n) is 4.06. The molecule has 0 radical (unpaired) electrons. The van der Waals surface area contributed by atoms with Crippen LogP contribution in [-0.4, -0.2) is 28.1 Å². The summed E-state index contributed by atoms with van der Waals surface area (Å²) in [5.74, 6) is 2.15. The van der Waals surface area contributed by atoms with Gasteiger partial charge in [0.05, 0.1) is 0 Å².